The first kappa shape index (κ1) is 13.8. The smallest absolute Gasteiger partial charge is 0.323 e. The minimum atomic E-state index is -1.01. The molecule has 0 saturated heterocycles. The number of likely N-dealkylation sites (N-methyl/N-ethyl adjacent to an activating group) is 2. The number of carboxylic acid groups (broad SMARTS) is 1. The maximum atomic E-state index is 11.6. The molecule has 1 aliphatic rings. The van der Waals surface area contributed by atoms with Crippen LogP contribution < -0.4 is 5.32 Å². The molecule has 0 spiro atoms. The normalized spacial score (nSPS) is 17.4. The van der Waals surface area contributed by atoms with E-state index in [9.17, 15) is 9.59 Å². The molecule has 0 heterocycles. The number of nitrogens with zero attached hydrogens (tertiary/aromatic N) is 2. The monoisotopic (exact) mass is 243 g/mol. The Kier molecular flexibility index (Phi) is 4.34. The topological polar surface area (TPSA) is 72.9 Å². The first-order chi connectivity index (χ1) is 7.87. The van der Waals surface area contributed by atoms with Crippen LogP contribution in [0.3, 0.4) is 0 Å². The van der Waals surface area contributed by atoms with Crippen molar-refractivity contribution in [3.05, 3.63) is 0 Å². The summed E-state index contributed by atoms with van der Waals surface area (Å²) in [6, 6.07) is -0.333. The van der Waals surface area contributed by atoms with E-state index in [-0.39, 0.29) is 18.1 Å². The van der Waals surface area contributed by atoms with Gasteiger partial charge in [0.25, 0.3) is 0 Å². The van der Waals surface area contributed by atoms with Crippen LogP contribution in [0.25, 0.3) is 0 Å². The van der Waals surface area contributed by atoms with E-state index in [1.807, 2.05) is 14.1 Å². The van der Waals surface area contributed by atoms with Crippen molar-refractivity contribution in [2.75, 3.05) is 34.2 Å². The molecule has 1 rings (SSSR count). The van der Waals surface area contributed by atoms with Crippen molar-refractivity contribution >= 4 is 12.0 Å². The number of hydrogen-bond acceptors (Lipinski definition) is 3. The maximum absolute atomic E-state index is 11.6. The summed E-state index contributed by atoms with van der Waals surface area (Å²) >= 11 is 0. The van der Waals surface area contributed by atoms with Gasteiger partial charge in [0.1, 0.15) is 6.54 Å². The van der Waals surface area contributed by atoms with E-state index in [1.165, 1.54) is 18.4 Å². The summed E-state index contributed by atoms with van der Waals surface area (Å²) in [7, 11) is 5.49. The Bertz CT molecular complexity index is 300. The summed E-state index contributed by atoms with van der Waals surface area (Å²) < 4.78 is 0. The fourth-order valence-electron chi connectivity index (χ4n) is 2.02. The van der Waals surface area contributed by atoms with Gasteiger partial charge in [0.2, 0.25) is 0 Å². The van der Waals surface area contributed by atoms with Crippen molar-refractivity contribution < 1.29 is 14.7 Å². The molecular weight excluding hydrogens is 222 g/mol. The number of aliphatic carboxylic acids is 1. The van der Waals surface area contributed by atoms with E-state index >= 15 is 0 Å². The molecule has 98 valence electrons. The van der Waals surface area contributed by atoms with Crippen molar-refractivity contribution in [1.29, 1.82) is 0 Å². The highest BCUT2D eigenvalue weighted by Gasteiger charge is 2.39. The molecule has 0 aromatic heterocycles. The van der Waals surface area contributed by atoms with E-state index in [1.54, 1.807) is 0 Å². The zero-order chi connectivity index (χ0) is 13.1. The minimum Gasteiger partial charge on any atom is -0.480 e. The summed E-state index contributed by atoms with van der Waals surface area (Å²) in [5.74, 6) is -1.01. The fourth-order valence-corrected chi connectivity index (χ4v) is 2.02. The molecule has 0 aliphatic heterocycles. The zero-order valence-electron chi connectivity index (χ0n) is 10.7. The van der Waals surface area contributed by atoms with Gasteiger partial charge < -0.3 is 20.2 Å². The van der Waals surface area contributed by atoms with Gasteiger partial charge in [-0.2, -0.15) is 0 Å². The molecule has 0 unspecified atom stereocenters. The molecule has 0 bridgehead atoms. The molecule has 0 radical (unpaired) electrons. The third kappa shape index (κ3) is 3.33. The standard InChI is InChI=1S/C11H21N3O3/c1-13(2)11(5-4-6-11)8-12-10(17)14(3)7-9(15)16/h4-8H2,1-3H3,(H,12,17)(H,15,16). The van der Waals surface area contributed by atoms with Crippen molar-refractivity contribution in [3.8, 4) is 0 Å². The van der Waals surface area contributed by atoms with E-state index in [0.717, 1.165) is 12.8 Å². The predicted octanol–water partition coefficient (Wildman–Crippen LogP) is 0.197. The van der Waals surface area contributed by atoms with Gasteiger partial charge in [-0.05, 0) is 33.4 Å². The summed E-state index contributed by atoms with van der Waals surface area (Å²) in [4.78, 5) is 25.4. The van der Waals surface area contributed by atoms with Gasteiger partial charge in [0.15, 0.2) is 0 Å². The second-order valence-electron chi connectivity index (χ2n) is 4.88. The van der Waals surface area contributed by atoms with Crippen molar-refractivity contribution in [2.45, 2.75) is 24.8 Å². The van der Waals surface area contributed by atoms with Crippen LogP contribution in [0.5, 0.6) is 0 Å². The largest absolute Gasteiger partial charge is 0.480 e. The van der Waals surface area contributed by atoms with Crippen molar-refractivity contribution in [3.63, 3.8) is 0 Å². The lowest BCUT2D eigenvalue weighted by Crippen LogP contribution is -2.58. The van der Waals surface area contributed by atoms with Crippen LogP contribution in [0.4, 0.5) is 4.79 Å². The first-order valence-electron chi connectivity index (χ1n) is 5.75. The Labute approximate surface area is 102 Å². The van der Waals surface area contributed by atoms with Gasteiger partial charge >= 0.3 is 12.0 Å². The van der Waals surface area contributed by atoms with Crippen LogP contribution >= 0.6 is 0 Å². The van der Waals surface area contributed by atoms with Gasteiger partial charge in [-0.3, -0.25) is 4.79 Å². The Balaban J connectivity index is 2.39. The average molecular weight is 243 g/mol. The van der Waals surface area contributed by atoms with E-state index in [2.05, 4.69) is 10.2 Å². The van der Waals surface area contributed by atoms with Crippen LogP contribution in [0.15, 0.2) is 0 Å². The second-order valence-corrected chi connectivity index (χ2v) is 4.88. The number of urea groups is 1. The number of rotatable bonds is 5. The molecule has 0 atom stereocenters. The SMILES string of the molecule is CN(CC(=O)O)C(=O)NCC1(N(C)C)CCC1. The molecule has 2 amide bonds. The molecule has 6 heteroatoms. The van der Waals surface area contributed by atoms with Crippen LogP contribution in [0.2, 0.25) is 0 Å². The highest BCUT2D eigenvalue weighted by atomic mass is 16.4. The summed E-state index contributed by atoms with van der Waals surface area (Å²) in [6.45, 7) is 0.295. The Morgan fingerprint density at radius 2 is 1.88 bits per heavy atom. The maximum Gasteiger partial charge on any atom is 0.323 e. The summed E-state index contributed by atoms with van der Waals surface area (Å²) in [6.07, 6.45) is 3.32. The molecule has 1 fully saturated rings. The third-order valence-corrected chi connectivity index (χ3v) is 3.52. The lowest BCUT2D eigenvalue weighted by molar-refractivity contribution is -0.137. The molecule has 0 aromatic rings. The minimum absolute atomic E-state index is 0.0553. The Hall–Kier alpha value is -1.30. The van der Waals surface area contributed by atoms with Gasteiger partial charge in [-0.15, -0.1) is 0 Å². The predicted molar refractivity (Wildman–Crippen MR) is 63.9 cm³/mol. The lowest BCUT2D eigenvalue weighted by Gasteiger charge is -2.47. The van der Waals surface area contributed by atoms with Crippen LogP contribution in [0.1, 0.15) is 19.3 Å². The fraction of sp³-hybridized carbons (Fsp3) is 0.818. The Morgan fingerprint density at radius 1 is 1.29 bits per heavy atom. The lowest BCUT2D eigenvalue weighted by atomic mass is 9.75. The van der Waals surface area contributed by atoms with Crippen LogP contribution in [0, 0.1) is 0 Å². The van der Waals surface area contributed by atoms with E-state index in [4.69, 9.17) is 5.11 Å². The van der Waals surface area contributed by atoms with Gasteiger partial charge in [0, 0.05) is 19.1 Å². The summed E-state index contributed by atoms with van der Waals surface area (Å²) in [5.41, 5.74) is 0.0553. The number of carboxylic acids is 1. The molecule has 1 saturated carbocycles. The van der Waals surface area contributed by atoms with Gasteiger partial charge in [0.05, 0.1) is 0 Å². The molecule has 0 aromatic carbocycles. The molecule has 17 heavy (non-hydrogen) atoms. The molecular formula is C11H21N3O3. The quantitative estimate of drug-likeness (QED) is 0.723. The number of amides is 2. The van der Waals surface area contributed by atoms with Crippen molar-refractivity contribution in [1.82, 2.24) is 15.1 Å². The highest BCUT2D eigenvalue weighted by molar-refractivity contribution is 5.79. The number of carbonyl (C=O) groups is 2. The highest BCUT2D eigenvalue weighted by Crippen LogP contribution is 2.35. The summed E-state index contributed by atoms with van der Waals surface area (Å²) in [5, 5.41) is 11.4. The number of nitrogens with one attached hydrogen (secondary N) is 1. The van der Waals surface area contributed by atoms with E-state index in [0.29, 0.717) is 6.54 Å². The number of hydrogen-bond donors (Lipinski definition) is 2. The molecule has 1 aliphatic carbocycles. The zero-order valence-corrected chi connectivity index (χ0v) is 10.7. The average Bonchev–Trinajstić information content (AvgIpc) is 2.13. The van der Waals surface area contributed by atoms with Gasteiger partial charge in [-0.25, -0.2) is 4.79 Å². The van der Waals surface area contributed by atoms with Crippen LogP contribution in [-0.4, -0.2) is 66.7 Å². The number of carbonyl (C=O) groups excluding carboxylic acids is 1. The first-order valence-corrected chi connectivity index (χ1v) is 5.75. The molecule has 2 N–H and O–H groups in total. The van der Waals surface area contributed by atoms with Crippen molar-refractivity contribution in [2.24, 2.45) is 0 Å². The van der Waals surface area contributed by atoms with E-state index < -0.39 is 5.97 Å². The second kappa shape index (κ2) is 5.35. The third-order valence-electron chi connectivity index (χ3n) is 3.52. The Morgan fingerprint density at radius 3 is 2.24 bits per heavy atom. The molecule has 6 nitrogen and oxygen atoms in total. The van der Waals surface area contributed by atoms with Crippen LogP contribution in [-0.2, 0) is 4.79 Å². The van der Waals surface area contributed by atoms with Gasteiger partial charge in [-0.1, -0.05) is 0 Å².